The number of benzene rings is 1. The highest BCUT2D eigenvalue weighted by molar-refractivity contribution is 6.34. The number of hydrogen-bond acceptors (Lipinski definition) is 4. The topological polar surface area (TPSA) is 69.4 Å². The monoisotopic (exact) mass is 231 g/mol. The number of carbonyl (C=O) groups is 1. The molecule has 5 nitrogen and oxygen atoms in total. The maximum absolute atomic E-state index is 11.0. The molecule has 0 aliphatic rings. The summed E-state index contributed by atoms with van der Waals surface area (Å²) in [6, 6.07) is 4.62. The number of rotatable bonds is 2. The Kier molecular flexibility index (Phi) is 4.29. The molecule has 0 saturated carbocycles. The second kappa shape index (κ2) is 5.70. The van der Waals surface area contributed by atoms with Gasteiger partial charge >= 0.3 is 5.97 Å². The Balaban J connectivity index is 3.13. The van der Waals surface area contributed by atoms with Crippen molar-refractivity contribution >= 4 is 25.0 Å². The van der Waals surface area contributed by atoms with Gasteiger partial charge < -0.3 is 4.74 Å². The van der Waals surface area contributed by atoms with Gasteiger partial charge in [0.1, 0.15) is 7.85 Å². The molecule has 0 radical (unpaired) electrons. The summed E-state index contributed by atoms with van der Waals surface area (Å²) in [6.45, 7) is 1.89. The van der Waals surface area contributed by atoms with Crippen LogP contribution < -0.4 is 5.46 Å². The normalized spacial score (nSPS) is 9.00. The number of hydrogen-bond donors (Lipinski definition) is 0. The molecule has 0 fully saturated rings. The van der Waals surface area contributed by atoms with Crippen LogP contribution in [-0.4, -0.2) is 25.3 Å². The number of esters is 1. The summed E-state index contributed by atoms with van der Waals surface area (Å²) in [5.74, 6) is 4.01. The summed E-state index contributed by atoms with van der Waals surface area (Å²) in [6.07, 6.45) is 0. The van der Waals surface area contributed by atoms with Gasteiger partial charge in [-0.2, -0.15) is 0 Å². The quantitative estimate of drug-likeness (QED) is 0.232. The minimum atomic E-state index is -0.690. The first-order valence-corrected chi connectivity index (χ1v) is 4.99. The molecule has 17 heavy (non-hydrogen) atoms. The minimum absolute atomic E-state index is 0.109. The maximum atomic E-state index is 11.0. The summed E-state index contributed by atoms with van der Waals surface area (Å²) in [5, 5.41) is 10.8. The molecular formula is C11H10BNO4. The van der Waals surface area contributed by atoms with Crippen molar-refractivity contribution in [3.63, 3.8) is 0 Å². The van der Waals surface area contributed by atoms with Gasteiger partial charge in [-0.05, 0) is 12.8 Å². The summed E-state index contributed by atoms with van der Waals surface area (Å²) in [5.41, 5.74) is 0.781. The van der Waals surface area contributed by atoms with E-state index in [0.29, 0.717) is 5.46 Å². The number of nitro benzene ring substituents is 1. The molecule has 0 aliphatic heterocycles. The van der Waals surface area contributed by atoms with E-state index in [0.717, 1.165) is 0 Å². The van der Waals surface area contributed by atoms with Crippen LogP contribution in [0.1, 0.15) is 12.5 Å². The van der Waals surface area contributed by atoms with E-state index in [1.807, 2.05) is 0 Å². The molecule has 1 aromatic rings. The molecule has 6 heteroatoms. The lowest BCUT2D eigenvalue weighted by molar-refractivity contribution is -0.385. The number of carbonyl (C=O) groups excluding carboxylic acids is 1. The molecule has 0 spiro atoms. The first-order valence-electron chi connectivity index (χ1n) is 4.99. The minimum Gasteiger partial charge on any atom is -0.456 e. The number of ether oxygens (including phenoxy) is 1. The lowest BCUT2D eigenvalue weighted by Crippen LogP contribution is -2.10. The molecule has 0 heterocycles. The van der Waals surface area contributed by atoms with E-state index in [9.17, 15) is 14.9 Å². The predicted octanol–water partition coefficient (Wildman–Crippen LogP) is -0.232. The lowest BCUT2D eigenvalue weighted by Gasteiger charge is -1.99. The second-order valence-electron chi connectivity index (χ2n) is 3.20. The Hall–Kier alpha value is -2.29. The zero-order valence-electron chi connectivity index (χ0n) is 9.52. The second-order valence-corrected chi connectivity index (χ2v) is 3.20. The molecule has 0 atom stereocenters. The van der Waals surface area contributed by atoms with Crippen molar-refractivity contribution in [1.82, 2.24) is 0 Å². The van der Waals surface area contributed by atoms with Crippen molar-refractivity contribution < 1.29 is 14.5 Å². The molecule has 0 aliphatic carbocycles. The molecule has 0 N–H and O–H groups in total. The Morgan fingerprint density at radius 1 is 1.59 bits per heavy atom. The van der Waals surface area contributed by atoms with E-state index in [1.165, 1.54) is 6.07 Å². The third-order valence-corrected chi connectivity index (χ3v) is 2.01. The van der Waals surface area contributed by atoms with Crippen molar-refractivity contribution in [2.24, 2.45) is 0 Å². The van der Waals surface area contributed by atoms with Crippen molar-refractivity contribution in [2.45, 2.75) is 6.92 Å². The van der Waals surface area contributed by atoms with Crippen LogP contribution in [0.15, 0.2) is 18.2 Å². The Labute approximate surface area is 99.3 Å². The Bertz CT molecular complexity index is 516. The molecule has 1 rings (SSSR count). The van der Waals surface area contributed by atoms with E-state index in [2.05, 4.69) is 16.6 Å². The van der Waals surface area contributed by atoms with E-state index < -0.39 is 10.9 Å². The van der Waals surface area contributed by atoms with Crippen LogP contribution >= 0.6 is 0 Å². The van der Waals surface area contributed by atoms with E-state index in [4.69, 9.17) is 0 Å². The van der Waals surface area contributed by atoms with Crippen LogP contribution in [0.5, 0.6) is 0 Å². The molecule has 1 aromatic carbocycles. The summed E-state index contributed by atoms with van der Waals surface area (Å²) in [4.78, 5) is 21.3. The van der Waals surface area contributed by atoms with Gasteiger partial charge in [0, 0.05) is 12.0 Å². The molecule has 86 valence electrons. The fraction of sp³-hybridized carbons (Fsp3) is 0.182. The maximum Gasteiger partial charge on any atom is 0.384 e. The van der Waals surface area contributed by atoms with E-state index >= 15 is 0 Å². The van der Waals surface area contributed by atoms with Gasteiger partial charge in [-0.15, -0.1) is 0 Å². The van der Waals surface area contributed by atoms with Crippen LogP contribution in [0.2, 0.25) is 0 Å². The van der Waals surface area contributed by atoms with Gasteiger partial charge in [0.25, 0.3) is 5.69 Å². The summed E-state index contributed by atoms with van der Waals surface area (Å²) < 4.78 is 4.62. The first kappa shape index (κ1) is 12.8. The Morgan fingerprint density at radius 3 is 2.88 bits per heavy atom. The van der Waals surface area contributed by atoms with Crippen LogP contribution in [0.25, 0.3) is 0 Å². The van der Waals surface area contributed by atoms with Gasteiger partial charge in [0.05, 0.1) is 17.1 Å². The lowest BCUT2D eigenvalue weighted by atomic mass is 9.90. The summed E-state index contributed by atoms with van der Waals surface area (Å²) >= 11 is 0. The molecule has 0 amide bonds. The van der Waals surface area contributed by atoms with Crippen molar-refractivity contribution in [1.29, 1.82) is 0 Å². The third-order valence-electron chi connectivity index (χ3n) is 2.01. The zero-order valence-corrected chi connectivity index (χ0v) is 9.52. The van der Waals surface area contributed by atoms with E-state index in [-0.39, 0.29) is 17.9 Å². The van der Waals surface area contributed by atoms with E-state index in [1.54, 1.807) is 26.9 Å². The van der Waals surface area contributed by atoms with Crippen LogP contribution in [0.4, 0.5) is 5.69 Å². The number of nitro groups is 1. The zero-order chi connectivity index (χ0) is 12.8. The third kappa shape index (κ3) is 3.35. The van der Waals surface area contributed by atoms with Crippen LogP contribution in [-0.2, 0) is 9.53 Å². The highest BCUT2D eigenvalue weighted by atomic mass is 16.6. The Morgan fingerprint density at radius 2 is 2.29 bits per heavy atom. The fourth-order valence-electron chi connectivity index (χ4n) is 1.25. The van der Waals surface area contributed by atoms with Crippen LogP contribution in [0.3, 0.4) is 0 Å². The number of nitrogens with zero attached hydrogens (tertiary/aromatic N) is 1. The summed E-state index contributed by atoms with van der Waals surface area (Å²) in [7, 11) is 1.70. The average molecular weight is 231 g/mol. The average Bonchev–Trinajstić information content (AvgIpc) is 2.27. The first-order chi connectivity index (χ1) is 8.06. The van der Waals surface area contributed by atoms with Gasteiger partial charge in [-0.3, -0.25) is 10.1 Å². The highest BCUT2D eigenvalue weighted by Gasteiger charge is 2.13. The van der Waals surface area contributed by atoms with Gasteiger partial charge in [-0.25, -0.2) is 4.79 Å². The van der Waals surface area contributed by atoms with Crippen molar-refractivity contribution in [2.75, 3.05) is 6.61 Å². The standard InChI is InChI=1S/C11H10BNO4/c1-2-17-11(14)7-6-8-9(12)4-3-5-10(8)13(15)16/h3-5H,2,12H2,1H3. The van der Waals surface area contributed by atoms with Gasteiger partial charge in [0.2, 0.25) is 0 Å². The predicted molar refractivity (Wildman–Crippen MR) is 64.8 cm³/mol. The molecule has 0 bridgehead atoms. The van der Waals surface area contributed by atoms with Gasteiger partial charge in [0.15, 0.2) is 0 Å². The fourth-order valence-corrected chi connectivity index (χ4v) is 1.25. The van der Waals surface area contributed by atoms with Gasteiger partial charge in [-0.1, -0.05) is 17.6 Å². The molecular weight excluding hydrogens is 221 g/mol. The van der Waals surface area contributed by atoms with Crippen molar-refractivity contribution in [3.8, 4) is 11.8 Å². The highest BCUT2D eigenvalue weighted by Crippen LogP contribution is 2.13. The largest absolute Gasteiger partial charge is 0.456 e. The van der Waals surface area contributed by atoms with Crippen molar-refractivity contribution in [3.05, 3.63) is 33.9 Å². The SMILES string of the molecule is Bc1cccc([N+](=O)[O-])c1C#CC(=O)OCC. The van der Waals surface area contributed by atoms with Crippen LogP contribution in [0, 0.1) is 22.0 Å². The smallest absolute Gasteiger partial charge is 0.384 e. The molecule has 0 saturated heterocycles. The molecule has 0 aromatic heterocycles. The molecule has 0 unspecified atom stereocenters.